The van der Waals surface area contributed by atoms with Gasteiger partial charge in [0.25, 0.3) is 8.32 Å². The van der Waals surface area contributed by atoms with Crippen molar-refractivity contribution in [2.45, 2.75) is 58.2 Å². The first-order valence-corrected chi connectivity index (χ1v) is 10.2. The Labute approximate surface area is 130 Å². The Kier molecular flexibility index (Phi) is 4.77. The predicted molar refractivity (Wildman–Crippen MR) is 95.6 cm³/mol. The van der Waals surface area contributed by atoms with Gasteiger partial charge in [0, 0.05) is 5.39 Å². The third-order valence-corrected chi connectivity index (χ3v) is 10.7. The van der Waals surface area contributed by atoms with Crippen molar-refractivity contribution in [2.75, 3.05) is 0 Å². The van der Waals surface area contributed by atoms with Crippen LogP contribution in [0.25, 0.3) is 10.8 Å². The van der Waals surface area contributed by atoms with Crippen molar-refractivity contribution in [1.82, 2.24) is 0 Å². The molecular weight excluding hydrogens is 272 g/mol. The van der Waals surface area contributed by atoms with Crippen LogP contribution >= 0.6 is 0 Å². The molecule has 0 heterocycles. The van der Waals surface area contributed by atoms with Crippen LogP contribution in [0.1, 0.15) is 41.5 Å². The fourth-order valence-electron chi connectivity index (χ4n) is 3.83. The summed E-state index contributed by atoms with van der Waals surface area (Å²) >= 11 is 0. The predicted octanol–water partition coefficient (Wildman–Crippen LogP) is 6.39. The van der Waals surface area contributed by atoms with Crippen molar-refractivity contribution in [1.29, 1.82) is 0 Å². The minimum absolute atomic E-state index is 0.594. The zero-order valence-electron chi connectivity index (χ0n) is 14.2. The first-order chi connectivity index (χ1) is 9.89. The molecule has 2 aromatic rings. The fraction of sp³-hybridized carbons (Fsp3) is 0.474. The zero-order chi connectivity index (χ0) is 15.6. The average Bonchev–Trinajstić information content (AvgIpc) is 2.43. The highest BCUT2D eigenvalue weighted by atomic mass is 28.4. The van der Waals surface area contributed by atoms with Gasteiger partial charge in [-0.15, -0.1) is 0 Å². The highest BCUT2D eigenvalue weighted by molar-refractivity contribution is 6.78. The summed E-state index contributed by atoms with van der Waals surface area (Å²) in [7, 11) is -1.89. The molecule has 0 fully saturated rings. The second-order valence-electron chi connectivity index (χ2n) is 6.90. The smallest absolute Gasteiger partial charge is 0.258 e. The summed E-state index contributed by atoms with van der Waals surface area (Å²) in [4.78, 5) is 0. The SMILES string of the molecule is CC(C)[Si](Oc1cccc2ccccc12)(C(C)C)C(C)C. The maximum absolute atomic E-state index is 6.84. The maximum Gasteiger partial charge on any atom is 0.258 e. The summed E-state index contributed by atoms with van der Waals surface area (Å²) in [6.07, 6.45) is 0. The lowest BCUT2D eigenvalue weighted by Crippen LogP contribution is -2.50. The first-order valence-electron chi connectivity index (χ1n) is 8.06. The number of fused-ring (bicyclic) bond motifs is 1. The Balaban J connectivity index is 2.54. The quantitative estimate of drug-likeness (QED) is 0.581. The molecule has 0 unspecified atom stereocenters. The van der Waals surface area contributed by atoms with E-state index in [0.717, 1.165) is 5.75 Å². The standard InChI is InChI=1S/C19H28OSi/c1-14(2)21(15(3)4,16(5)6)20-19-13-9-11-17-10-7-8-12-18(17)19/h7-16H,1-6H3. The van der Waals surface area contributed by atoms with Crippen LogP contribution < -0.4 is 4.43 Å². The van der Waals surface area contributed by atoms with E-state index in [2.05, 4.69) is 84.0 Å². The Morgan fingerprint density at radius 2 is 1.24 bits per heavy atom. The van der Waals surface area contributed by atoms with Gasteiger partial charge in [0.2, 0.25) is 0 Å². The fourth-order valence-corrected chi connectivity index (χ4v) is 9.09. The number of hydrogen-bond acceptors (Lipinski definition) is 1. The zero-order valence-corrected chi connectivity index (χ0v) is 15.2. The molecule has 0 aliphatic carbocycles. The molecule has 2 rings (SSSR count). The molecule has 1 nitrogen and oxygen atoms in total. The van der Waals surface area contributed by atoms with Crippen LogP contribution in [-0.2, 0) is 0 Å². The molecule has 0 aliphatic rings. The monoisotopic (exact) mass is 300 g/mol. The molecule has 0 atom stereocenters. The largest absolute Gasteiger partial charge is 0.542 e. The lowest BCUT2D eigenvalue weighted by Gasteiger charge is -2.42. The summed E-state index contributed by atoms with van der Waals surface area (Å²) in [6, 6.07) is 14.9. The van der Waals surface area contributed by atoms with E-state index in [-0.39, 0.29) is 0 Å². The third-order valence-electron chi connectivity index (χ3n) is 4.74. The first kappa shape index (κ1) is 16.1. The van der Waals surface area contributed by atoms with E-state index < -0.39 is 8.32 Å². The molecule has 0 N–H and O–H groups in total. The van der Waals surface area contributed by atoms with E-state index in [4.69, 9.17) is 4.43 Å². The van der Waals surface area contributed by atoms with Crippen molar-refractivity contribution in [2.24, 2.45) is 0 Å². The molecule has 0 radical (unpaired) electrons. The molecule has 2 heteroatoms. The molecule has 0 aromatic heterocycles. The number of rotatable bonds is 5. The molecule has 0 saturated carbocycles. The maximum atomic E-state index is 6.84. The minimum atomic E-state index is -1.89. The van der Waals surface area contributed by atoms with Crippen LogP contribution in [0.2, 0.25) is 16.6 Å². The summed E-state index contributed by atoms with van der Waals surface area (Å²) in [6.45, 7) is 14.0. The van der Waals surface area contributed by atoms with Gasteiger partial charge in [-0.25, -0.2) is 0 Å². The summed E-state index contributed by atoms with van der Waals surface area (Å²) in [5, 5.41) is 2.49. The summed E-state index contributed by atoms with van der Waals surface area (Å²) < 4.78 is 6.84. The van der Waals surface area contributed by atoms with Crippen molar-refractivity contribution in [3.8, 4) is 5.75 Å². The van der Waals surface area contributed by atoms with Gasteiger partial charge >= 0.3 is 0 Å². The Bertz CT molecular complexity index is 574. The topological polar surface area (TPSA) is 9.23 Å². The van der Waals surface area contributed by atoms with Crippen LogP contribution in [0, 0.1) is 0 Å². The van der Waals surface area contributed by atoms with Gasteiger partial charge in [-0.3, -0.25) is 0 Å². The van der Waals surface area contributed by atoms with Gasteiger partial charge in [-0.2, -0.15) is 0 Å². The van der Waals surface area contributed by atoms with Crippen molar-refractivity contribution < 1.29 is 4.43 Å². The van der Waals surface area contributed by atoms with E-state index in [1.165, 1.54) is 10.8 Å². The number of benzene rings is 2. The van der Waals surface area contributed by atoms with Crippen molar-refractivity contribution >= 4 is 19.1 Å². The van der Waals surface area contributed by atoms with Gasteiger partial charge in [0.05, 0.1) is 0 Å². The normalized spacial score (nSPS) is 12.6. The van der Waals surface area contributed by atoms with Crippen molar-refractivity contribution in [3.05, 3.63) is 42.5 Å². The van der Waals surface area contributed by atoms with Gasteiger partial charge in [-0.1, -0.05) is 77.9 Å². The van der Waals surface area contributed by atoms with Crippen LogP contribution in [-0.4, -0.2) is 8.32 Å². The third kappa shape index (κ3) is 2.87. The number of hydrogen-bond donors (Lipinski definition) is 0. The van der Waals surface area contributed by atoms with E-state index in [1.807, 2.05) is 0 Å². The molecule has 0 saturated heterocycles. The molecule has 21 heavy (non-hydrogen) atoms. The van der Waals surface area contributed by atoms with E-state index in [9.17, 15) is 0 Å². The molecule has 2 aromatic carbocycles. The van der Waals surface area contributed by atoms with Crippen molar-refractivity contribution in [3.63, 3.8) is 0 Å². The summed E-state index contributed by atoms with van der Waals surface area (Å²) in [5.74, 6) is 1.07. The second kappa shape index (κ2) is 6.23. The molecule has 0 bridgehead atoms. The van der Waals surface area contributed by atoms with Gasteiger partial charge < -0.3 is 4.43 Å². The van der Waals surface area contributed by atoms with Crippen LogP contribution in [0.4, 0.5) is 0 Å². The van der Waals surface area contributed by atoms with Gasteiger partial charge in [-0.05, 0) is 28.1 Å². The van der Waals surface area contributed by atoms with Gasteiger partial charge in [0.15, 0.2) is 0 Å². The highest BCUT2D eigenvalue weighted by Crippen LogP contribution is 2.43. The molecule has 114 valence electrons. The van der Waals surface area contributed by atoms with Crippen LogP contribution in [0.5, 0.6) is 5.75 Å². The molecular formula is C19H28OSi. The van der Waals surface area contributed by atoms with E-state index in [0.29, 0.717) is 16.6 Å². The van der Waals surface area contributed by atoms with Crippen LogP contribution in [0.15, 0.2) is 42.5 Å². The Morgan fingerprint density at radius 3 is 1.81 bits per heavy atom. The van der Waals surface area contributed by atoms with Crippen LogP contribution in [0.3, 0.4) is 0 Å². The lowest BCUT2D eigenvalue weighted by molar-refractivity contribution is 0.484. The minimum Gasteiger partial charge on any atom is -0.542 e. The Morgan fingerprint density at radius 1 is 0.714 bits per heavy atom. The van der Waals surface area contributed by atoms with E-state index in [1.54, 1.807) is 0 Å². The lowest BCUT2D eigenvalue weighted by atomic mass is 10.1. The highest BCUT2D eigenvalue weighted by Gasteiger charge is 2.47. The molecule has 0 spiro atoms. The Hall–Kier alpha value is -1.28. The second-order valence-corrected chi connectivity index (χ2v) is 12.3. The average molecular weight is 301 g/mol. The van der Waals surface area contributed by atoms with E-state index >= 15 is 0 Å². The molecule has 0 aliphatic heterocycles. The van der Waals surface area contributed by atoms with Gasteiger partial charge in [0.1, 0.15) is 5.75 Å². The molecule has 0 amide bonds. The summed E-state index contributed by atoms with van der Waals surface area (Å²) in [5.41, 5.74) is 1.78.